The molecule has 94 valence electrons. The number of phenolic OH excluding ortho intramolecular Hbond substituents is 1. The molecule has 0 amide bonds. The summed E-state index contributed by atoms with van der Waals surface area (Å²) in [4.78, 5) is 0. The highest BCUT2D eigenvalue weighted by Crippen LogP contribution is 2.09. The highest BCUT2D eigenvalue weighted by atomic mass is 32.2. The first-order valence-corrected chi connectivity index (χ1v) is 7.02. The predicted molar refractivity (Wildman–Crippen MR) is 67.9 cm³/mol. The van der Waals surface area contributed by atoms with E-state index in [2.05, 4.69) is 4.72 Å². The average Bonchev–Trinajstić information content (AvgIpc) is 2.29. The summed E-state index contributed by atoms with van der Waals surface area (Å²) in [7, 11) is -3.36. The third-order valence-corrected chi connectivity index (χ3v) is 3.24. The summed E-state index contributed by atoms with van der Waals surface area (Å²) >= 11 is 0. The van der Waals surface area contributed by atoms with Crippen molar-refractivity contribution >= 4 is 10.0 Å². The molecule has 1 rings (SSSR count). The van der Waals surface area contributed by atoms with Gasteiger partial charge in [-0.2, -0.15) is 0 Å². The molecule has 0 radical (unpaired) electrons. The minimum absolute atomic E-state index is 0.166. The smallest absolute Gasteiger partial charge is 0.233 e. The van der Waals surface area contributed by atoms with Crippen LogP contribution >= 0.6 is 0 Å². The highest BCUT2D eigenvalue weighted by Gasteiger charge is 2.04. The van der Waals surface area contributed by atoms with Crippen molar-refractivity contribution in [2.45, 2.75) is 26.3 Å². The van der Waals surface area contributed by atoms with Crippen LogP contribution in [0.1, 0.15) is 25.3 Å². The lowest BCUT2D eigenvalue weighted by atomic mass is 10.2. The molecule has 0 unspecified atom stereocenters. The van der Waals surface area contributed by atoms with Crippen molar-refractivity contribution in [2.75, 3.05) is 0 Å². The Morgan fingerprint density at radius 2 is 1.94 bits per heavy atom. The van der Waals surface area contributed by atoms with Gasteiger partial charge in [0.15, 0.2) is 0 Å². The molecule has 0 bridgehead atoms. The molecule has 0 fully saturated rings. The van der Waals surface area contributed by atoms with Crippen LogP contribution in [0.3, 0.4) is 0 Å². The molecule has 0 heterocycles. The monoisotopic (exact) mass is 255 g/mol. The van der Waals surface area contributed by atoms with Gasteiger partial charge in [0.25, 0.3) is 0 Å². The molecular weight excluding hydrogens is 238 g/mol. The third kappa shape index (κ3) is 5.51. The molecule has 5 heteroatoms. The summed E-state index contributed by atoms with van der Waals surface area (Å²) in [5.41, 5.74) is 0.801. The van der Waals surface area contributed by atoms with Crippen LogP contribution < -0.4 is 4.72 Å². The Kier molecular flexibility index (Phi) is 5.18. The number of aromatic hydroxyl groups is 1. The normalized spacial score (nSPS) is 12.1. The van der Waals surface area contributed by atoms with Crippen LogP contribution in [0.25, 0.3) is 0 Å². The number of hydrogen-bond acceptors (Lipinski definition) is 3. The quantitative estimate of drug-likeness (QED) is 0.818. The van der Waals surface area contributed by atoms with Crippen molar-refractivity contribution in [1.29, 1.82) is 0 Å². The van der Waals surface area contributed by atoms with Crippen molar-refractivity contribution in [1.82, 2.24) is 4.72 Å². The zero-order valence-corrected chi connectivity index (χ0v) is 10.6. The number of phenols is 1. The van der Waals surface area contributed by atoms with Crippen molar-refractivity contribution < 1.29 is 13.5 Å². The van der Waals surface area contributed by atoms with Crippen LogP contribution in [0, 0.1) is 0 Å². The summed E-state index contributed by atoms with van der Waals surface area (Å²) in [6, 6.07) is 6.40. The maximum atomic E-state index is 11.5. The molecule has 2 N–H and O–H groups in total. The van der Waals surface area contributed by atoms with Gasteiger partial charge in [0.2, 0.25) is 10.0 Å². The second-order valence-electron chi connectivity index (χ2n) is 3.69. The number of hydrogen-bond donors (Lipinski definition) is 2. The Labute approximate surface area is 102 Å². The van der Waals surface area contributed by atoms with Gasteiger partial charge in [0.05, 0.1) is 0 Å². The topological polar surface area (TPSA) is 66.4 Å². The van der Waals surface area contributed by atoms with Crippen molar-refractivity contribution in [3.05, 3.63) is 41.3 Å². The van der Waals surface area contributed by atoms with Gasteiger partial charge in [-0.1, -0.05) is 31.6 Å². The molecule has 1 aromatic carbocycles. The lowest BCUT2D eigenvalue weighted by molar-refractivity contribution is 0.475. The van der Waals surface area contributed by atoms with E-state index in [0.29, 0.717) is 0 Å². The fourth-order valence-corrected chi connectivity index (χ4v) is 2.06. The molecule has 0 aliphatic heterocycles. The molecular formula is C12H17NO3S. The van der Waals surface area contributed by atoms with Crippen LogP contribution in [0.4, 0.5) is 0 Å². The molecule has 0 saturated carbocycles. The number of unbranched alkanes of at least 4 members (excludes halogenated alkanes) is 1. The van der Waals surface area contributed by atoms with E-state index in [1.165, 1.54) is 17.5 Å². The molecule has 0 aromatic heterocycles. The Morgan fingerprint density at radius 3 is 2.53 bits per heavy atom. The second-order valence-corrected chi connectivity index (χ2v) is 5.34. The van der Waals surface area contributed by atoms with Crippen LogP contribution in [0.15, 0.2) is 35.7 Å². The lowest BCUT2D eigenvalue weighted by Gasteiger charge is -2.03. The largest absolute Gasteiger partial charge is 0.508 e. The van der Waals surface area contributed by atoms with E-state index in [0.717, 1.165) is 18.4 Å². The molecule has 17 heavy (non-hydrogen) atoms. The van der Waals surface area contributed by atoms with E-state index in [1.807, 2.05) is 6.92 Å². The lowest BCUT2D eigenvalue weighted by Crippen LogP contribution is -2.20. The van der Waals surface area contributed by atoms with Gasteiger partial charge >= 0.3 is 0 Å². The highest BCUT2D eigenvalue weighted by molar-refractivity contribution is 7.92. The van der Waals surface area contributed by atoms with Gasteiger partial charge in [-0.25, -0.2) is 13.1 Å². The van der Waals surface area contributed by atoms with Crippen molar-refractivity contribution in [3.63, 3.8) is 0 Å². The van der Waals surface area contributed by atoms with E-state index in [1.54, 1.807) is 18.2 Å². The molecule has 0 aliphatic carbocycles. The van der Waals surface area contributed by atoms with Crippen molar-refractivity contribution in [2.24, 2.45) is 0 Å². The van der Waals surface area contributed by atoms with E-state index < -0.39 is 10.0 Å². The summed E-state index contributed by atoms with van der Waals surface area (Å²) in [6.45, 7) is 2.21. The zero-order chi connectivity index (χ0) is 12.7. The van der Waals surface area contributed by atoms with Gasteiger partial charge in [-0.15, -0.1) is 0 Å². The van der Waals surface area contributed by atoms with Crippen LogP contribution in [-0.2, 0) is 16.6 Å². The third-order valence-electron chi connectivity index (χ3n) is 2.14. The zero-order valence-electron chi connectivity index (χ0n) is 9.76. The van der Waals surface area contributed by atoms with Crippen LogP contribution in [-0.4, -0.2) is 13.5 Å². The second kappa shape index (κ2) is 6.42. The van der Waals surface area contributed by atoms with E-state index in [-0.39, 0.29) is 12.3 Å². The molecule has 0 atom stereocenters. The number of sulfonamides is 1. The first-order chi connectivity index (χ1) is 8.03. The Morgan fingerprint density at radius 1 is 1.29 bits per heavy atom. The van der Waals surface area contributed by atoms with Crippen LogP contribution in [0.5, 0.6) is 5.75 Å². The van der Waals surface area contributed by atoms with Gasteiger partial charge in [-0.3, -0.25) is 0 Å². The van der Waals surface area contributed by atoms with E-state index in [9.17, 15) is 8.42 Å². The summed E-state index contributed by atoms with van der Waals surface area (Å²) in [6.07, 6.45) is 3.31. The summed E-state index contributed by atoms with van der Waals surface area (Å²) in [5, 5.41) is 10.3. The minimum atomic E-state index is -3.36. The molecule has 0 saturated heterocycles. The minimum Gasteiger partial charge on any atom is -0.508 e. The van der Waals surface area contributed by atoms with Gasteiger partial charge in [-0.05, 0) is 24.1 Å². The fraction of sp³-hybridized carbons (Fsp3) is 0.333. The maximum Gasteiger partial charge on any atom is 0.233 e. The summed E-state index contributed by atoms with van der Waals surface area (Å²) in [5.74, 6) is 0.166. The maximum absolute atomic E-state index is 11.5. The number of allylic oxidation sites excluding steroid dienone is 1. The predicted octanol–water partition coefficient (Wildman–Crippen LogP) is 2.13. The Balaban J connectivity index is 2.52. The SMILES string of the molecule is CCC/C=C/S(=O)(=O)NCc1ccc(O)cc1. The van der Waals surface area contributed by atoms with Gasteiger partial charge in [0.1, 0.15) is 5.75 Å². The Bertz CT molecular complexity index is 463. The molecule has 4 nitrogen and oxygen atoms in total. The Hall–Kier alpha value is -1.33. The number of benzene rings is 1. The average molecular weight is 255 g/mol. The van der Waals surface area contributed by atoms with E-state index in [4.69, 9.17) is 5.11 Å². The molecule has 0 spiro atoms. The molecule has 0 aliphatic rings. The van der Waals surface area contributed by atoms with Crippen molar-refractivity contribution in [3.8, 4) is 5.75 Å². The van der Waals surface area contributed by atoms with Crippen LogP contribution in [0.2, 0.25) is 0 Å². The summed E-state index contributed by atoms with van der Waals surface area (Å²) < 4.78 is 25.5. The first-order valence-electron chi connectivity index (χ1n) is 5.47. The standard InChI is InChI=1S/C12H17NO3S/c1-2-3-4-9-17(15,16)13-10-11-5-7-12(14)8-6-11/h4-9,13-14H,2-3,10H2,1H3/b9-4+. The fourth-order valence-electron chi connectivity index (χ4n) is 1.21. The van der Waals surface area contributed by atoms with Gasteiger partial charge < -0.3 is 5.11 Å². The molecule has 1 aromatic rings. The first kappa shape index (κ1) is 13.7. The van der Waals surface area contributed by atoms with Gasteiger partial charge in [0, 0.05) is 12.0 Å². The number of nitrogens with one attached hydrogen (secondary N) is 1. The van der Waals surface area contributed by atoms with E-state index >= 15 is 0 Å². The number of rotatable bonds is 6.